The molecule has 98 valence electrons. The Labute approximate surface area is 109 Å². The van der Waals surface area contributed by atoms with E-state index in [1.807, 2.05) is 24.4 Å². The van der Waals surface area contributed by atoms with Crippen LogP contribution < -0.4 is 5.32 Å². The van der Waals surface area contributed by atoms with Crippen LogP contribution in [0.5, 0.6) is 0 Å². The van der Waals surface area contributed by atoms with E-state index in [0.29, 0.717) is 6.54 Å². The number of ether oxygens (including phenoxy) is 1. The first-order chi connectivity index (χ1) is 9.24. The molecular formula is C14H14N2O3. The molecule has 1 saturated heterocycles. The highest BCUT2D eigenvalue weighted by Gasteiger charge is 2.39. The third kappa shape index (κ3) is 1.52. The second-order valence-electron chi connectivity index (χ2n) is 5.19. The number of hydrogen-bond donors (Lipinski definition) is 3. The lowest BCUT2D eigenvalue weighted by Gasteiger charge is -2.39. The molecule has 2 aromatic rings. The van der Waals surface area contributed by atoms with Crippen LogP contribution in [0.1, 0.15) is 17.2 Å². The van der Waals surface area contributed by atoms with Crippen molar-refractivity contribution in [2.75, 3.05) is 6.54 Å². The average Bonchev–Trinajstić information content (AvgIpc) is 2.83. The van der Waals surface area contributed by atoms with Crippen LogP contribution in [0.15, 0.2) is 24.4 Å². The van der Waals surface area contributed by atoms with Crippen molar-refractivity contribution in [3.8, 4) is 0 Å². The Hall–Kier alpha value is -1.85. The number of hydrogen-bond acceptors (Lipinski definition) is 3. The van der Waals surface area contributed by atoms with Gasteiger partial charge < -0.3 is 20.1 Å². The maximum absolute atomic E-state index is 11.1. The normalized spacial score (nSPS) is 29.2. The molecule has 0 spiro atoms. The van der Waals surface area contributed by atoms with E-state index in [0.717, 1.165) is 17.5 Å². The van der Waals surface area contributed by atoms with Crippen molar-refractivity contribution in [1.82, 2.24) is 10.3 Å². The summed E-state index contributed by atoms with van der Waals surface area (Å²) >= 11 is 0. The van der Waals surface area contributed by atoms with Crippen molar-refractivity contribution in [2.45, 2.75) is 24.7 Å². The average molecular weight is 258 g/mol. The van der Waals surface area contributed by atoms with Gasteiger partial charge in [0.2, 0.25) is 0 Å². The summed E-state index contributed by atoms with van der Waals surface area (Å²) in [5.74, 6) is -0.905. The lowest BCUT2D eigenvalue weighted by molar-refractivity contribution is -0.160. The van der Waals surface area contributed by atoms with Gasteiger partial charge in [0.25, 0.3) is 0 Å². The first kappa shape index (κ1) is 11.0. The van der Waals surface area contributed by atoms with Crippen LogP contribution in [0.2, 0.25) is 0 Å². The summed E-state index contributed by atoms with van der Waals surface area (Å²) in [5.41, 5.74) is 3.45. The predicted molar refractivity (Wildman–Crippen MR) is 69.0 cm³/mol. The van der Waals surface area contributed by atoms with Gasteiger partial charge in [-0.2, -0.15) is 0 Å². The highest BCUT2D eigenvalue weighted by atomic mass is 16.5. The van der Waals surface area contributed by atoms with Crippen LogP contribution in [-0.4, -0.2) is 34.8 Å². The zero-order valence-corrected chi connectivity index (χ0v) is 10.2. The predicted octanol–water partition coefficient (Wildman–Crippen LogP) is 1.21. The molecular weight excluding hydrogens is 244 g/mol. The molecule has 0 amide bonds. The van der Waals surface area contributed by atoms with Crippen molar-refractivity contribution in [1.29, 1.82) is 0 Å². The van der Waals surface area contributed by atoms with E-state index in [9.17, 15) is 4.79 Å². The number of benzene rings is 1. The number of carboxylic acids is 1. The molecule has 1 aliphatic carbocycles. The minimum absolute atomic E-state index is 0.157. The van der Waals surface area contributed by atoms with E-state index in [1.54, 1.807) is 0 Å². The van der Waals surface area contributed by atoms with Crippen LogP contribution >= 0.6 is 0 Å². The number of H-pyrrole nitrogens is 1. The summed E-state index contributed by atoms with van der Waals surface area (Å²) in [7, 11) is 0. The molecule has 19 heavy (non-hydrogen) atoms. The van der Waals surface area contributed by atoms with Gasteiger partial charge in [-0.05, 0) is 23.6 Å². The van der Waals surface area contributed by atoms with Crippen molar-refractivity contribution in [3.63, 3.8) is 0 Å². The summed E-state index contributed by atoms with van der Waals surface area (Å²) in [4.78, 5) is 14.4. The standard InChI is InChI=1S/C14H14N2O3/c17-14(18)11-6-16-10-4-7-5-15-9-3-1-2-8(12(7)9)13(10)19-11/h1-3,5,10-11,13,15-16H,4,6H2,(H,17,18)/t10-,11?,13-/m1/s1. The van der Waals surface area contributed by atoms with Gasteiger partial charge in [0.15, 0.2) is 6.10 Å². The summed E-state index contributed by atoms with van der Waals surface area (Å²) < 4.78 is 5.79. The van der Waals surface area contributed by atoms with Crippen molar-refractivity contribution >= 4 is 16.9 Å². The first-order valence-corrected chi connectivity index (χ1v) is 6.44. The summed E-state index contributed by atoms with van der Waals surface area (Å²) in [6.07, 6.45) is 1.96. The van der Waals surface area contributed by atoms with Crippen LogP contribution in [0, 0.1) is 0 Å². The highest BCUT2D eigenvalue weighted by Crippen LogP contribution is 2.39. The minimum atomic E-state index is -0.905. The van der Waals surface area contributed by atoms with E-state index in [2.05, 4.69) is 10.3 Å². The maximum Gasteiger partial charge on any atom is 0.334 e. The van der Waals surface area contributed by atoms with E-state index in [1.165, 1.54) is 10.9 Å². The number of carbonyl (C=O) groups is 1. The molecule has 1 aromatic carbocycles. The Balaban J connectivity index is 1.82. The van der Waals surface area contributed by atoms with E-state index in [4.69, 9.17) is 9.84 Å². The van der Waals surface area contributed by atoms with Gasteiger partial charge in [-0.15, -0.1) is 0 Å². The number of rotatable bonds is 1. The number of aliphatic carboxylic acids is 1. The minimum Gasteiger partial charge on any atom is -0.479 e. The molecule has 2 heterocycles. The Morgan fingerprint density at radius 1 is 1.42 bits per heavy atom. The molecule has 1 fully saturated rings. The SMILES string of the molecule is O=C(O)C1CN[C@@H]2Cc3c[nH]c4cccc(c34)[C@H]2O1. The van der Waals surface area contributed by atoms with E-state index < -0.39 is 12.1 Å². The number of nitrogens with one attached hydrogen (secondary N) is 2. The van der Waals surface area contributed by atoms with Gasteiger partial charge in [-0.25, -0.2) is 4.79 Å². The molecule has 0 radical (unpaired) electrons. The van der Waals surface area contributed by atoms with Crippen molar-refractivity contribution < 1.29 is 14.6 Å². The van der Waals surface area contributed by atoms with Crippen LogP contribution in [0.3, 0.4) is 0 Å². The largest absolute Gasteiger partial charge is 0.479 e. The van der Waals surface area contributed by atoms with Crippen molar-refractivity contribution in [2.24, 2.45) is 0 Å². The fraction of sp³-hybridized carbons (Fsp3) is 0.357. The van der Waals surface area contributed by atoms with Crippen LogP contribution in [0.25, 0.3) is 10.9 Å². The fourth-order valence-electron chi connectivity index (χ4n) is 3.22. The molecule has 1 unspecified atom stereocenters. The number of carboxylic acid groups (broad SMARTS) is 1. The second-order valence-corrected chi connectivity index (χ2v) is 5.19. The molecule has 5 nitrogen and oxygen atoms in total. The number of fused-ring (bicyclic) bond motifs is 2. The molecule has 0 saturated carbocycles. The lowest BCUT2D eigenvalue weighted by atomic mass is 9.85. The lowest BCUT2D eigenvalue weighted by Crippen LogP contribution is -2.52. The summed E-state index contributed by atoms with van der Waals surface area (Å²) in [5, 5.41) is 13.6. The molecule has 4 rings (SSSR count). The van der Waals surface area contributed by atoms with Gasteiger partial charge >= 0.3 is 5.97 Å². The molecule has 0 bridgehead atoms. The summed E-state index contributed by atoms with van der Waals surface area (Å²) in [6, 6.07) is 6.20. The third-order valence-electron chi connectivity index (χ3n) is 4.08. The van der Waals surface area contributed by atoms with Gasteiger partial charge in [0, 0.05) is 29.7 Å². The van der Waals surface area contributed by atoms with Crippen molar-refractivity contribution in [3.05, 3.63) is 35.5 Å². The molecule has 5 heteroatoms. The number of aromatic nitrogens is 1. The number of aromatic amines is 1. The van der Waals surface area contributed by atoms with Crippen LogP contribution in [0.4, 0.5) is 0 Å². The van der Waals surface area contributed by atoms with E-state index >= 15 is 0 Å². The molecule has 1 aromatic heterocycles. The smallest absolute Gasteiger partial charge is 0.334 e. The third-order valence-corrected chi connectivity index (χ3v) is 4.08. The zero-order chi connectivity index (χ0) is 13.0. The van der Waals surface area contributed by atoms with Crippen LogP contribution in [-0.2, 0) is 16.0 Å². The zero-order valence-electron chi connectivity index (χ0n) is 10.2. The Bertz CT molecular complexity index is 664. The Morgan fingerprint density at radius 3 is 3.16 bits per heavy atom. The monoisotopic (exact) mass is 258 g/mol. The van der Waals surface area contributed by atoms with Gasteiger partial charge in [-0.3, -0.25) is 0 Å². The topological polar surface area (TPSA) is 74.4 Å². The molecule has 1 aliphatic heterocycles. The van der Waals surface area contributed by atoms with Gasteiger partial charge in [0.05, 0.1) is 6.10 Å². The highest BCUT2D eigenvalue weighted by molar-refractivity contribution is 5.88. The number of morpholine rings is 1. The second kappa shape index (κ2) is 3.82. The fourth-order valence-corrected chi connectivity index (χ4v) is 3.22. The van der Waals surface area contributed by atoms with E-state index in [-0.39, 0.29) is 12.1 Å². The Kier molecular flexibility index (Phi) is 2.22. The molecule has 2 aliphatic rings. The van der Waals surface area contributed by atoms with Gasteiger partial charge in [-0.1, -0.05) is 12.1 Å². The Morgan fingerprint density at radius 2 is 2.32 bits per heavy atom. The first-order valence-electron chi connectivity index (χ1n) is 6.44. The summed E-state index contributed by atoms with van der Waals surface area (Å²) in [6.45, 7) is 0.367. The van der Waals surface area contributed by atoms with Gasteiger partial charge in [0.1, 0.15) is 0 Å². The molecule has 3 atom stereocenters. The maximum atomic E-state index is 11.1. The molecule has 3 N–H and O–H groups in total. The quantitative estimate of drug-likeness (QED) is 0.718.